The largest absolute Gasteiger partial charge is 0.467 e. The molecule has 2 saturated heterocycles. The number of nitrogens with one attached hydrogen (secondary N) is 1. The maximum absolute atomic E-state index is 12.2. The standard InChI is InChI=1S/C13H22N2O4/c1-12(2,3)19-11(17)15-8-13(6-14-7-13)5-9(15)10(16)18-4/h9,14H,5-8H2,1-4H3. The topological polar surface area (TPSA) is 67.9 Å². The van der Waals surface area contributed by atoms with Gasteiger partial charge in [0.1, 0.15) is 11.6 Å². The molecule has 2 fully saturated rings. The lowest BCUT2D eigenvalue weighted by Crippen LogP contribution is -2.55. The van der Waals surface area contributed by atoms with Crippen LogP contribution < -0.4 is 5.32 Å². The lowest BCUT2D eigenvalue weighted by atomic mass is 9.80. The summed E-state index contributed by atoms with van der Waals surface area (Å²) < 4.78 is 10.2. The first-order chi connectivity index (χ1) is 8.76. The molecule has 108 valence electrons. The lowest BCUT2D eigenvalue weighted by molar-refractivity contribution is -0.145. The average Bonchev–Trinajstić information content (AvgIpc) is 2.66. The van der Waals surface area contributed by atoms with Crippen LogP contribution in [0.5, 0.6) is 0 Å². The molecule has 0 aromatic heterocycles. The number of rotatable bonds is 1. The van der Waals surface area contributed by atoms with Crippen molar-refractivity contribution in [3.8, 4) is 0 Å². The molecule has 2 aliphatic heterocycles. The van der Waals surface area contributed by atoms with Crippen LogP contribution in [0.3, 0.4) is 0 Å². The van der Waals surface area contributed by atoms with E-state index in [0.29, 0.717) is 13.0 Å². The molecular formula is C13H22N2O4. The van der Waals surface area contributed by atoms with Crippen molar-refractivity contribution in [1.82, 2.24) is 10.2 Å². The second-order valence-corrected chi connectivity index (χ2v) is 6.45. The molecular weight excluding hydrogens is 248 g/mol. The molecule has 6 nitrogen and oxygen atoms in total. The first kappa shape index (κ1) is 14.1. The van der Waals surface area contributed by atoms with Gasteiger partial charge in [0.2, 0.25) is 0 Å². The Bertz CT molecular complexity index is 385. The number of esters is 1. The third-order valence-corrected chi connectivity index (χ3v) is 3.61. The van der Waals surface area contributed by atoms with E-state index in [1.807, 2.05) is 20.8 Å². The van der Waals surface area contributed by atoms with Gasteiger partial charge >= 0.3 is 12.1 Å². The van der Waals surface area contributed by atoms with Gasteiger partial charge in [-0.3, -0.25) is 4.90 Å². The summed E-state index contributed by atoms with van der Waals surface area (Å²) in [5.41, 5.74) is -0.554. The zero-order valence-corrected chi connectivity index (χ0v) is 12.0. The van der Waals surface area contributed by atoms with E-state index in [0.717, 1.165) is 13.1 Å². The minimum Gasteiger partial charge on any atom is -0.467 e. The third kappa shape index (κ3) is 2.83. The molecule has 2 aliphatic rings. The summed E-state index contributed by atoms with van der Waals surface area (Å²) in [4.78, 5) is 25.5. The molecule has 19 heavy (non-hydrogen) atoms. The number of likely N-dealkylation sites (tertiary alicyclic amines) is 1. The number of methoxy groups -OCH3 is 1. The number of carbonyl (C=O) groups is 2. The number of ether oxygens (including phenoxy) is 2. The van der Waals surface area contributed by atoms with Gasteiger partial charge in [0.05, 0.1) is 7.11 Å². The van der Waals surface area contributed by atoms with Crippen LogP contribution in [0.15, 0.2) is 0 Å². The fraction of sp³-hybridized carbons (Fsp3) is 0.846. The molecule has 2 heterocycles. The highest BCUT2D eigenvalue weighted by molar-refractivity contribution is 5.82. The number of amides is 1. The van der Waals surface area contributed by atoms with Crippen LogP contribution in [0.4, 0.5) is 4.79 Å². The monoisotopic (exact) mass is 270 g/mol. The molecule has 6 heteroatoms. The molecule has 1 amide bonds. The van der Waals surface area contributed by atoms with E-state index in [-0.39, 0.29) is 11.4 Å². The first-order valence-corrected chi connectivity index (χ1v) is 6.55. The van der Waals surface area contributed by atoms with Crippen molar-refractivity contribution < 1.29 is 19.1 Å². The summed E-state index contributed by atoms with van der Waals surface area (Å²) in [7, 11) is 1.35. The van der Waals surface area contributed by atoms with Crippen molar-refractivity contribution >= 4 is 12.1 Å². The minimum absolute atomic E-state index is 0.00968. The number of nitrogens with zero attached hydrogens (tertiary/aromatic N) is 1. The number of hydrogen-bond donors (Lipinski definition) is 1. The highest BCUT2D eigenvalue weighted by Gasteiger charge is 2.53. The van der Waals surface area contributed by atoms with E-state index in [9.17, 15) is 9.59 Å². The van der Waals surface area contributed by atoms with Crippen molar-refractivity contribution in [2.45, 2.75) is 38.8 Å². The Balaban J connectivity index is 2.11. The summed E-state index contributed by atoms with van der Waals surface area (Å²) in [5, 5.41) is 3.20. The van der Waals surface area contributed by atoms with Gasteiger partial charge < -0.3 is 14.8 Å². The zero-order chi connectivity index (χ0) is 14.3. The normalized spacial score (nSPS) is 25.1. The van der Waals surface area contributed by atoms with Gasteiger partial charge in [0.15, 0.2) is 0 Å². The molecule has 0 saturated carbocycles. The molecule has 0 aromatic rings. The van der Waals surface area contributed by atoms with Gasteiger partial charge in [-0.2, -0.15) is 0 Å². The summed E-state index contributed by atoms with van der Waals surface area (Å²) in [6.45, 7) is 7.66. The van der Waals surface area contributed by atoms with Gasteiger partial charge in [0, 0.05) is 25.0 Å². The van der Waals surface area contributed by atoms with Crippen LogP contribution in [0.25, 0.3) is 0 Å². The van der Waals surface area contributed by atoms with Crippen molar-refractivity contribution in [3.05, 3.63) is 0 Å². The summed E-state index contributed by atoms with van der Waals surface area (Å²) in [6, 6.07) is -0.526. The molecule has 1 atom stereocenters. The van der Waals surface area contributed by atoms with E-state index in [4.69, 9.17) is 9.47 Å². The molecule has 1 spiro atoms. The van der Waals surface area contributed by atoms with E-state index >= 15 is 0 Å². The second-order valence-electron chi connectivity index (χ2n) is 6.45. The van der Waals surface area contributed by atoms with E-state index in [1.165, 1.54) is 12.0 Å². The van der Waals surface area contributed by atoms with E-state index < -0.39 is 17.7 Å². The van der Waals surface area contributed by atoms with E-state index in [1.54, 1.807) is 0 Å². The highest BCUT2D eigenvalue weighted by Crippen LogP contribution is 2.39. The predicted molar refractivity (Wildman–Crippen MR) is 68.7 cm³/mol. The zero-order valence-electron chi connectivity index (χ0n) is 12.0. The number of hydrogen-bond acceptors (Lipinski definition) is 5. The number of carbonyl (C=O) groups excluding carboxylic acids is 2. The van der Waals surface area contributed by atoms with Crippen LogP contribution in [0, 0.1) is 5.41 Å². The lowest BCUT2D eigenvalue weighted by Gasteiger charge is -2.38. The summed E-state index contributed by atoms with van der Waals surface area (Å²) >= 11 is 0. The predicted octanol–water partition coefficient (Wildman–Crippen LogP) is 0.758. The molecule has 1 unspecified atom stereocenters. The van der Waals surface area contributed by atoms with Crippen LogP contribution in [-0.4, -0.2) is 55.3 Å². The van der Waals surface area contributed by atoms with Crippen molar-refractivity contribution in [1.29, 1.82) is 0 Å². The highest BCUT2D eigenvalue weighted by atomic mass is 16.6. The van der Waals surface area contributed by atoms with Gasteiger partial charge in [-0.25, -0.2) is 9.59 Å². The van der Waals surface area contributed by atoms with Crippen molar-refractivity contribution in [2.75, 3.05) is 26.7 Å². The van der Waals surface area contributed by atoms with Crippen LogP contribution in [0.1, 0.15) is 27.2 Å². The van der Waals surface area contributed by atoms with Gasteiger partial charge in [-0.05, 0) is 27.2 Å². The maximum Gasteiger partial charge on any atom is 0.411 e. The van der Waals surface area contributed by atoms with Crippen molar-refractivity contribution in [3.63, 3.8) is 0 Å². The summed E-state index contributed by atoms with van der Waals surface area (Å²) in [5.74, 6) is -0.366. The Morgan fingerprint density at radius 1 is 1.32 bits per heavy atom. The minimum atomic E-state index is -0.564. The Morgan fingerprint density at radius 2 is 1.95 bits per heavy atom. The maximum atomic E-state index is 12.2. The van der Waals surface area contributed by atoms with Gasteiger partial charge in [-0.1, -0.05) is 0 Å². The average molecular weight is 270 g/mol. The molecule has 0 aromatic carbocycles. The quantitative estimate of drug-likeness (QED) is 0.712. The molecule has 0 radical (unpaired) electrons. The SMILES string of the molecule is COC(=O)C1CC2(CNC2)CN1C(=O)OC(C)(C)C. The van der Waals surface area contributed by atoms with Gasteiger partial charge in [0.25, 0.3) is 0 Å². The fourth-order valence-corrected chi connectivity index (χ4v) is 2.65. The molecule has 0 bridgehead atoms. The molecule has 2 rings (SSSR count). The first-order valence-electron chi connectivity index (χ1n) is 6.55. The van der Waals surface area contributed by atoms with Crippen LogP contribution in [-0.2, 0) is 14.3 Å². The van der Waals surface area contributed by atoms with Crippen molar-refractivity contribution in [2.24, 2.45) is 5.41 Å². The van der Waals surface area contributed by atoms with Gasteiger partial charge in [-0.15, -0.1) is 0 Å². The fourth-order valence-electron chi connectivity index (χ4n) is 2.65. The molecule has 1 N–H and O–H groups in total. The van der Waals surface area contributed by atoms with Crippen LogP contribution in [0.2, 0.25) is 0 Å². The Hall–Kier alpha value is -1.30. The van der Waals surface area contributed by atoms with E-state index in [2.05, 4.69) is 5.32 Å². The Morgan fingerprint density at radius 3 is 2.37 bits per heavy atom. The Kier molecular flexibility index (Phi) is 3.47. The van der Waals surface area contributed by atoms with Crippen LogP contribution >= 0.6 is 0 Å². The molecule has 0 aliphatic carbocycles. The third-order valence-electron chi connectivity index (χ3n) is 3.61. The second kappa shape index (κ2) is 4.67. The Labute approximate surface area is 113 Å². The summed E-state index contributed by atoms with van der Waals surface area (Å²) in [6.07, 6.45) is 0.206. The smallest absolute Gasteiger partial charge is 0.411 e.